The third kappa shape index (κ3) is 4.07. The summed E-state index contributed by atoms with van der Waals surface area (Å²) in [6.45, 7) is 2.30. The molecule has 0 bridgehead atoms. The SMILES string of the molecule is COC(=O)C(I)CNCCc1ccc2c(c1)CCO2. The van der Waals surface area contributed by atoms with Gasteiger partial charge >= 0.3 is 5.97 Å². The van der Waals surface area contributed by atoms with Crippen molar-refractivity contribution in [3.63, 3.8) is 0 Å². The summed E-state index contributed by atoms with van der Waals surface area (Å²) in [5, 5.41) is 3.28. The summed E-state index contributed by atoms with van der Waals surface area (Å²) in [7, 11) is 1.42. The molecule has 1 aliphatic heterocycles. The van der Waals surface area contributed by atoms with Gasteiger partial charge in [0.2, 0.25) is 0 Å². The second-order valence-corrected chi connectivity index (χ2v) is 5.99. The second-order valence-electron chi connectivity index (χ2n) is 4.49. The maximum Gasteiger partial charge on any atom is 0.319 e. The van der Waals surface area contributed by atoms with E-state index in [1.165, 1.54) is 18.2 Å². The predicted octanol–water partition coefficient (Wildman–Crippen LogP) is 1.73. The number of hydrogen-bond acceptors (Lipinski definition) is 4. The predicted molar refractivity (Wildman–Crippen MR) is 82.0 cm³/mol. The van der Waals surface area contributed by atoms with Gasteiger partial charge in [-0.15, -0.1) is 0 Å². The third-order valence-corrected chi connectivity index (χ3v) is 4.07. The molecule has 0 saturated carbocycles. The first-order valence-electron chi connectivity index (χ1n) is 6.38. The summed E-state index contributed by atoms with van der Waals surface area (Å²) in [5.74, 6) is 0.845. The van der Waals surface area contributed by atoms with Gasteiger partial charge in [-0.3, -0.25) is 4.79 Å². The van der Waals surface area contributed by atoms with E-state index < -0.39 is 0 Å². The summed E-state index contributed by atoms with van der Waals surface area (Å²) in [6.07, 6.45) is 1.96. The van der Waals surface area contributed by atoms with E-state index in [-0.39, 0.29) is 9.89 Å². The van der Waals surface area contributed by atoms with Crippen LogP contribution in [0.3, 0.4) is 0 Å². The normalized spacial score (nSPS) is 14.6. The van der Waals surface area contributed by atoms with Crippen molar-refractivity contribution in [2.75, 3.05) is 26.8 Å². The first-order chi connectivity index (χ1) is 9.20. The highest BCUT2D eigenvalue weighted by atomic mass is 127. The van der Waals surface area contributed by atoms with E-state index in [0.717, 1.165) is 31.7 Å². The van der Waals surface area contributed by atoms with Crippen LogP contribution in [0.25, 0.3) is 0 Å². The Morgan fingerprint density at radius 3 is 3.21 bits per heavy atom. The molecule has 0 aromatic heterocycles. The molecule has 19 heavy (non-hydrogen) atoms. The summed E-state index contributed by atoms with van der Waals surface area (Å²) < 4.78 is 10.0. The van der Waals surface area contributed by atoms with Crippen molar-refractivity contribution in [3.05, 3.63) is 29.3 Å². The van der Waals surface area contributed by atoms with Crippen LogP contribution in [0.4, 0.5) is 0 Å². The molecular weight excluding hydrogens is 357 g/mol. The molecule has 1 atom stereocenters. The Morgan fingerprint density at radius 1 is 1.58 bits per heavy atom. The number of benzene rings is 1. The molecule has 104 valence electrons. The molecular formula is C14H18INO3. The number of carbonyl (C=O) groups excluding carboxylic acids is 1. The number of ether oxygens (including phenoxy) is 2. The molecule has 1 N–H and O–H groups in total. The van der Waals surface area contributed by atoms with Gasteiger partial charge in [0, 0.05) is 13.0 Å². The minimum atomic E-state index is -0.178. The van der Waals surface area contributed by atoms with Crippen molar-refractivity contribution >= 4 is 28.6 Å². The van der Waals surface area contributed by atoms with E-state index in [9.17, 15) is 4.79 Å². The second kappa shape index (κ2) is 7.09. The maximum absolute atomic E-state index is 11.2. The molecule has 1 aliphatic rings. The number of esters is 1. The number of fused-ring (bicyclic) bond motifs is 1. The largest absolute Gasteiger partial charge is 0.493 e. The molecule has 1 heterocycles. The van der Waals surface area contributed by atoms with Crippen LogP contribution in [-0.4, -0.2) is 36.7 Å². The van der Waals surface area contributed by atoms with Gasteiger partial charge in [0.1, 0.15) is 9.67 Å². The Labute approximate surface area is 127 Å². The Morgan fingerprint density at radius 2 is 2.42 bits per heavy atom. The van der Waals surface area contributed by atoms with Crippen LogP contribution >= 0.6 is 22.6 Å². The molecule has 0 radical (unpaired) electrons. The van der Waals surface area contributed by atoms with Crippen molar-refractivity contribution in [2.24, 2.45) is 0 Å². The average Bonchev–Trinajstić information content (AvgIpc) is 2.89. The van der Waals surface area contributed by atoms with Crippen molar-refractivity contribution in [1.29, 1.82) is 0 Å². The highest BCUT2D eigenvalue weighted by Crippen LogP contribution is 2.25. The van der Waals surface area contributed by atoms with E-state index in [4.69, 9.17) is 4.74 Å². The molecule has 1 aromatic carbocycles. The third-order valence-electron chi connectivity index (χ3n) is 3.12. The van der Waals surface area contributed by atoms with Crippen molar-refractivity contribution in [1.82, 2.24) is 5.32 Å². The van der Waals surface area contributed by atoms with Crippen molar-refractivity contribution in [3.8, 4) is 5.75 Å². The Bertz CT molecular complexity index is 450. The molecule has 0 amide bonds. The van der Waals surface area contributed by atoms with E-state index in [2.05, 4.69) is 44.8 Å². The average molecular weight is 375 g/mol. The Kier molecular flexibility index (Phi) is 5.45. The molecule has 4 nitrogen and oxygen atoms in total. The fraction of sp³-hybridized carbons (Fsp3) is 0.500. The highest BCUT2D eigenvalue weighted by molar-refractivity contribution is 14.1. The van der Waals surface area contributed by atoms with Gasteiger partial charge in [-0.25, -0.2) is 0 Å². The number of alkyl halides is 1. The van der Waals surface area contributed by atoms with Gasteiger partial charge < -0.3 is 14.8 Å². The first-order valence-corrected chi connectivity index (χ1v) is 7.62. The summed E-state index contributed by atoms with van der Waals surface area (Å²) >= 11 is 2.09. The van der Waals surface area contributed by atoms with E-state index in [1.54, 1.807) is 0 Å². The van der Waals surface area contributed by atoms with Gasteiger partial charge in [-0.2, -0.15) is 0 Å². The number of halogens is 1. The lowest BCUT2D eigenvalue weighted by Gasteiger charge is -2.09. The molecule has 5 heteroatoms. The standard InChI is InChI=1S/C14H18INO3/c1-18-14(17)12(15)9-16-6-4-10-2-3-13-11(8-10)5-7-19-13/h2-3,8,12,16H,4-7,9H2,1H3. The fourth-order valence-electron chi connectivity index (χ4n) is 2.07. The van der Waals surface area contributed by atoms with Crippen LogP contribution in [0.15, 0.2) is 18.2 Å². The zero-order valence-electron chi connectivity index (χ0n) is 10.9. The highest BCUT2D eigenvalue weighted by Gasteiger charge is 2.14. The number of nitrogens with one attached hydrogen (secondary N) is 1. The molecule has 1 unspecified atom stereocenters. The van der Waals surface area contributed by atoms with Crippen LogP contribution in [0.5, 0.6) is 5.75 Å². The number of methoxy groups -OCH3 is 1. The molecule has 2 rings (SSSR count). The van der Waals surface area contributed by atoms with Crippen LogP contribution in [0.2, 0.25) is 0 Å². The van der Waals surface area contributed by atoms with Crippen LogP contribution in [0.1, 0.15) is 11.1 Å². The molecule has 1 aromatic rings. The Hall–Kier alpha value is -0.820. The van der Waals surface area contributed by atoms with Crippen LogP contribution in [0, 0.1) is 0 Å². The quantitative estimate of drug-likeness (QED) is 0.356. The molecule has 0 fully saturated rings. The minimum absolute atomic E-state index is 0.129. The lowest BCUT2D eigenvalue weighted by atomic mass is 10.1. The zero-order valence-corrected chi connectivity index (χ0v) is 13.1. The van der Waals surface area contributed by atoms with Crippen LogP contribution in [-0.2, 0) is 22.4 Å². The zero-order chi connectivity index (χ0) is 13.7. The summed E-state index contributed by atoms with van der Waals surface area (Å²) in [6, 6.07) is 6.37. The summed E-state index contributed by atoms with van der Waals surface area (Å²) in [4.78, 5) is 11.2. The minimum Gasteiger partial charge on any atom is -0.493 e. The Balaban J connectivity index is 1.73. The van der Waals surface area contributed by atoms with Gasteiger partial charge in [0.05, 0.1) is 13.7 Å². The topological polar surface area (TPSA) is 47.6 Å². The first kappa shape index (κ1) is 14.6. The van der Waals surface area contributed by atoms with E-state index >= 15 is 0 Å². The van der Waals surface area contributed by atoms with Crippen molar-refractivity contribution in [2.45, 2.75) is 16.8 Å². The monoisotopic (exact) mass is 375 g/mol. The lowest BCUT2D eigenvalue weighted by molar-refractivity contribution is -0.139. The molecule has 0 aliphatic carbocycles. The van der Waals surface area contributed by atoms with Gasteiger partial charge in [-0.05, 0) is 30.2 Å². The number of hydrogen-bond donors (Lipinski definition) is 1. The smallest absolute Gasteiger partial charge is 0.319 e. The van der Waals surface area contributed by atoms with Crippen molar-refractivity contribution < 1.29 is 14.3 Å². The molecule has 0 spiro atoms. The van der Waals surface area contributed by atoms with Gasteiger partial charge in [0.15, 0.2) is 0 Å². The van der Waals surface area contributed by atoms with Gasteiger partial charge in [0.25, 0.3) is 0 Å². The maximum atomic E-state index is 11.2. The lowest BCUT2D eigenvalue weighted by Crippen LogP contribution is -2.30. The van der Waals surface area contributed by atoms with E-state index in [1.807, 2.05) is 6.07 Å². The number of carbonyl (C=O) groups is 1. The van der Waals surface area contributed by atoms with E-state index in [0.29, 0.717) is 6.54 Å². The summed E-state index contributed by atoms with van der Waals surface area (Å²) in [5.41, 5.74) is 2.61. The fourth-order valence-corrected chi connectivity index (χ4v) is 2.63. The number of rotatable bonds is 6. The van der Waals surface area contributed by atoms with Crippen LogP contribution < -0.4 is 10.1 Å². The van der Waals surface area contributed by atoms with Gasteiger partial charge in [-0.1, -0.05) is 34.7 Å². The molecule has 0 saturated heterocycles.